The zero-order valence-electron chi connectivity index (χ0n) is 19.1. The van der Waals surface area contributed by atoms with Gasteiger partial charge in [-0.05, 0) is 54.8 Å². The molecule has 2 N–H and O–H groups in total. The predicted molar refractivity (Wildman–Crippen MR) is 127 cm³/mol. The van der Waals surface area contributed by atoms with Crippen LogP contribution in [0, 0.1) is 0 Å². The van der Waals surface area contributed by atoms with Crippen LogP contribution in [0.15, 0.2) is 53.5 Å². The van der Waals surface area contributed by atoms with Gasteiger partial charge in [0.1, 0.15) is 5.75 Å². The predicted octanol–water partition coefficient (Wildman–Crippen LogP) is 3.73. The van der Waals surface area contributed by atoms with Gasteiger partial charge in [-0.15, -0.1) is 0 Å². The van der Waals surface area contributed by atoms with Crippen LogP contribution in [-0.4, -0.2) is 51.8 Å². The van der Waals surface area contributed by atoms with Crippen molar-refractivity contribution in [2.24, 2.45) is 4.99 Å². The van der Waals surface area contributed by atoms with Crippen LogP contribution in [0.4, 0.5) is 0 Å². The number of nitrogens with one attached hydrogen (secondary N) is 2. The van der Waals surface area contributed by atoms with Crippen LogP contribution in [0.5, 0.6) is 5.75 Å². The van der Waals surface area contributed by atoms with Crippen molar-refractivity contribution in [1.29, 1.82) is 0 Å². The highest BCUT2D eigenvalue weighted by molar-refractivity contribution is 5.79. The van der Waals surface area contributed by atoms with Crippen LogP contribution in [0.2, 0.25) is 0 Å². The van der Waals surface area contributed by atoms with Crippen LogP contribution in [0.3, 0.4) is 0 Å². The lowest BCUT2D eigenvalue weighted by Gasteiger charge is -2.35. The molecule has 0 amide bonds. The smallest absolute Gasteiger partial charge is 0.191 e. The molecule has 6 heteroatoms. The monoisotopic (exact) mass is 424 g/mol. The number of hydrogen-bond acceptors (Lipinski definition) is 4. The maximum absolute atomic E-state index is 5.34. The second-order valence-electron chi connectivity index (χ2n) is 7.94. The molecular weight excluding hydrogens is 388 g/mol. The van der Waals surface area contributed by atoms with E-state index >= 15 is 0 Å². The molecule has 1 heterocycles. The molecule has 1 unspecified atom stereocenters. The molecule has 0 bridgehead atoms. The van der Waals surface area contributed by atoms with E-state index in [2.05, 4.69) is 56.9 Å². The minimum Gasteiger partial charge on any atom is -0.497 e. The standard InChI is InChI=1S/C25H36N4O2/c1-26-25(27-17-20-7-9-21(10-8-20)19-30-2)28-18-24(29-15-5-4-6-16-29)22-11-13-23(31-3)14-12-22/h7-14,24H,4-6,15-19H2,1-3H3,(H2,26,27,28). The molecule has 1 saturated heterocycles. The minimum absolute atomic E-state index is 0.304. The molecule has 1 aliphatic rings. The molecule has 1 fully saturated rings. The fraction of sp³-hybridized carbons (Fsp3) is 0.480. The fourth-order valence-electron chi connectivity index (χ4n) is 4.03. The molecule has 6 nitrogen and oxygen atoms in total. The van der Waals surface area contributed by atoms with Crippen LogP contribution in [0.1, 0.15) is 42.0 Å². The van der Waals surface area contributed by atoms with Crippen molar-refractivity contribution in [3.05, 3.63) is 65.2 Å². The average Bonchev–Trinajstić information content (AvgIpc) is 2.83. The summed E-state index contributed by atoms with van der Waals surface area (Å²) in [7, 11) is 5.24. The van der Waals surface area contributed by atoms with E-state index in [4.69, 9.17) is 9.47 Å². The van der Waals surface area contributed by atoms with Crippen molar-refractivity contribution in [1.82, 2.24) is 15.5 Å². The van der Waals surface area contributed by atoms with E-state index in [-0.39, 0.29) is 0 Å². The van der Waals surface area contributed by atoms with Gasteiger partial charge in [-0.2, -0.15) is 0 Å². The largest absolute Gasteiger partial charge is 0.497 e. The highest BCUT2D eigenvalue weighted by Crippen LogP contribution is 2.25. The topological polar surface area (TPSA) is 58.1 Å². The van der Waals surface area contributed by atoms with Crippen molar-refractivity contribution in [2.75, 3.05) is 40.9 Å². The molecular formula is C25H36N4O2. The van der Waals surface area contributed by atoms with E-state index in [1.807, 2.05) is 19.2 Å². The molecule has 168 valence electrons. The van der Waals surface area contributed by atoms with Gasteiger partial charge in [0.15, 0.2) is 5.96 Å². The molecule has 0 aromatic heterocycles. The Bertz CT molecular complexity index is 799. The summed E-state index contributed by atoms with van der Waals surface area (Å²) in [5.41, 5.74) is 3.70. The Kier molecular flexibility index (Phi) is 9.18. The third-order valence-corrected chi connectivity index (χ3v) is 5.81. The fourth-order valence-corrected chi connectivity index (χ4v) is 4.03. The van der Waals surface area contributed by atoms with E-state index in [1.165, 1.54) is 36.0 Å². The number of benzene rings is 2. The van der Waals surface area contributed by atoms with Gasteiger partial charge in [-0.3, -0.25) is 9.89 Å². The summed E-state index contributed by atoms with van der Waals surface area (Å²) in [5, 5.41) is 6.98. The molecule has 31 heavy (non-hydrogen) atoms. The van der Waals surface area contributed by atoms with E-state index < -0.39 is 0 Å². The molecule has 1 aliphatic heterocycles. The van der Waals surface area contributed by atoms with Crippen LogP contribution < -0.4 is 15.4 Å². The molecule has 0 aliphatic carbocycles. The molecule has 2 aromatic carbocycles. The number of nitrogens with zero attached hydrogens (tertiary/aromatic N) is 2. The summed E-state index contributed by atoms with van der Waals surface area (Å²) in [6.07, 6.45) is 3.85. The molecule has 1 atom stereocenters. The minimum atomic E-state index is 0.304. The summed E-state index contributed by atoms with van der Waals surface area (Å²) in [6.45, 7) is 4.44. The average molecular weight is 425 g/mol. The zero-order valence-corrected chi connectivity index (χ0v) is 19.1. The normalized spacial score (nSPS) is 16.0. The number of hydrogen-bond donors (Lipinski definition) is 2. The van der Waals surface area contributed by atoms with Crippen LogP contribution >= 0.6 is 0 Å². The van der Waals surface area contributed by atoms with Crippen LogP contribution in [-0.2, 0) is 17.9 Å². The Morgan fingerprint density at radius 3 is 2.23 bits per heavy atom. The van der Waals surface area contributed by atoms with Gasteiger partial charge in [0.05, 0.1) is 19.8 Å². The summed E-state index contributed by atoms with van der Waals surface area (Å²) >= 11 is 0. The summed E-state index contributed by atoms with van der Waals surface area (Å²) in [5.74, 6) is 1.71. The zero-order chi connectivity index (χ0) is 21.9. The Balaban J connectivity index is 1.60. The Morgan fingerprint density at radius 2 is 1.61 bits per heavy atom. The summed E-state index contributed by atoms with van der Waals surface area (Å²) in [4.78, 5) is 7.01. The second kappa shape index (κ2) is 12.3. The van der Waals surface area contributed by atoms with Gasteiger partial charge in [0, 0.05) is 27.2 Å². The Morgan fingerprint density at radius 1 is 0.935 bits per heavy atom. The summed E-state index contributed by atoms with van der Waals surface area (Å²) in [6, 6.07) is 17.2. The number of aliphatic imine (C=N–C) groups is 1. The number of ether oxygens (including phenoxy) is 2. The number of methoxy groups -OCH3 is 2. The molecule has 0 spiro atoms. The van der Waals surface area contributed by atoms with E-state index in [1.54, 1.807) is 14.2 Å². The van der Waals surface area contributed by atoms with Gasteiger partial charge < -0.3 is 20.1 Å². The van der Waals surface area contributed by atoms with E-state index in [0.29, 0.717) is 12.6 Å². The first-order valence-electron chi connectivity index (χ1n) is 11.1. The van der Waals surface area contributed by atoms with Gasteiger partial charge in [-0.25, -0.2) is 0 Å². The SMILES string of the molecule is CN=C(NCc1ccc(COC)cc1)NCC(c1ccc(OC)cc1)N1CCCCC1. The lowest BCUT2D eigenvalue weighted by Crippen LogP contribution is -2.44. The molecule has 0 radical (unpaired) electrons. The quantitative estimate of drug-likeness (QED) is 0.474. The molecule has 3 rings (SSSR count). The lowest BCUT2D eigenvalue weighted by molar-refractivity contribution is 0.164. The number of guanidine groups is 1. The highest BCUT2D eigenvalue weighted by atomic mass is 16.5. The maximum Gasteiger partial charge on any atom is 0.191 e. The van der Waals surface area contributed by atoms with Crippen molar-refractivity contribution in [3.63, 3.8) is 0 Å². The highest BCUT2D eigenvalue weighted by Gasteiger charge is 2.22. The van der Waals surface area contributed by atoms with E-state index in [0.717, 1.165) is 37.9 Å². The number of rotatable bonds is 9. The van der Waals surface area contributed by atoms with Gasteiger partial charge in [-0.1, -0.05) is 42.8 Å². The molecule has 0 saturated carbocycles. The summed E-state index contributed by atoms with van der Waals surface area (Å²) < 4.78 is 10.5. The number of piperidine rings is 1. The van der Waals surface area contributed by atoms with Crippen molar-refractivity contribution < 1.29 is 9.47 Å². The third kappa shape index (κ3) is 6.97. The van der Waals surface area contributed by atoms with Crippen molar-refractivity contribution in [2.45, 2.75) is 38.5 Å². The third-order valence-electron chi connectivity index (χ3n) is 5.81. The Labute approximate surface area is 186 Å². The first-order chi connectivity index (χ1) is 15.2. The van der Waals surface area contributed by atoms with E-state index in [9.17, 15) is 0 Å². The van der Waals surface area contributed by atoms with Crippen LogP contribution in [0.25, 0.3) is 0 Å². The van der Waals surface area contributed by atoms with Crippen molar-refractivity contribution >= 4 is 5.96 Å². The molecule has 2 aromatic rings. The first kappa shape index (κ1) is 23.1. The van der Waals surface area contributed by atoms with Gasteiger partial charge >= 0.3 is 0 Å². The second-order valence-corrected chi connectivity index (χ2v) is 7.94. The van der Waals surface area contributed by atoms with Gasteiger partial charge in [0.25, 0.3) is 0 Å². The van der Waals surface area contributed by atoms with Crippen molar-refractivity contribution in [3.8, 4) is 5.75 Å². The Hall–Kier alpha value is -2.57. The first-order valence-corrected chi connectivity index (χ1v) is 11.1. The van der Waals surface area contributed by atoms with Gasteiger partial charge in [0.2, 0.25) is 0 Å². The lowest BCUT2D eigenvalue weighted by atomic mass is 10.0. The maximum atomic E-state index is 5.34. The number of likely N-dealkylation sites (tertiary alicyclic amines) is 1.